The molecule has 2 N–H and O–H groups in total. The van der Waals surface area contributed by atoms with Gasteiger partial charge in [-0.2, -0.15) is 4.98 Å². The van der Waals surface area contributed by atoms with Crippen LogP contribution in [0.15, 0.2) is 12.1 Å². The zero-order valence-electron chi connectivity index (χ0n) is 17.9. The standard InChI is InChI=1S/C20H29N5O4.ClH/c1-5-29-20(26)24(2)12-13-6-8-25(9-7-13)19-22-15-11-17(28-4)16(27-3)10-14(15)18(21)23-19;/h10-11,13H,5-9,12H2,1-4H3,(H2,21,22,23);1H. The number of nitrogens with zero attached hydrogens (tertiary/aromatic N) is 4. The summed E-state index contributed by atoms with van der Waals surface area (Å²) >= 11 is 0. The number of carbonyl (C=O) groups excluding carboxylic acids is 1. The van der Waals surface area contributed by atoms with E-state index in [2.05, 4.69) is 9.88 Å². The Morgan fingerprint density at radius 2 is 1.83 bits per heavy atom. The Balaban J connectivity index is 0.00000320. The van der Waals surface area contributed by atoms with Crippen LogP contribution in [0.4, 0.5) is 16.6 Å². The minimum atomic E-state index is -0.273. The summed E-state index contributed by atoms with van der Waals surface area (Å²) in [5, 5.41) is 0.734. The van der Waals surface area contributed by atoms with E-state index < -0.39 is 0 Å². The van der Waals surface area contributed by atoms with Gasteiger partial charge in [0.25, 0.3) is 0 Å². The van der Waals surface area contributed by atoms with Gasteiger partial charge in [0.05, 0.1) is 26.3 Å². The third-order valence-electron chi connectivity index (χ3n) is 5.23. The fraction of sp³-hybridized carbons (Fsp3) is 0.550. The van der Waals surface area contributed by atoms with Crippen LogP contribution in [0, 0.1) is 5.92 Å². The van der Waals surface area contributed by atoms with Crippen LogP contribution in [0.1, 0.15) is 19.8 Å². The molecule has 0 saturated carbocycles. The minimum Gasteiger partial charge on any atom is -0.493 e. The molecule has 0 bridgehead atoms. The number of halogens is 1. The summed E-state index contributed by atoms with van der Waals surface area (Å²) < 4.78 is 15.8. The molecule has 1 saturated heterocycles. The Kier molecular flexibility index (Phi) is 8.16. The van der Waals surface area contributed by atoms with E-state index in [1.165, 1.54) is 0 Å². The van der Waals surface area contributed by atoms with Crippen LogP contribution < -0.4 is 20.1 Å². The highest BCUT2D eigenvalue weighted by molar-refractivity contribution is 5.91. The van der Waals surface area contributed by atoms with Crippen molar-refractivity contribution in [1.29, 1.82) is 0 Å². The molecule has 3 rings (SSSR count). The molecule has 0 aliphatic carbocycles. The van der Waals surface area contributed by atoms with Crippen molar-refractivity contribution < 1.29 is 19.0 Å². The maximum atomic E-state index is 11.8. The molecule has 1 amide bonds. The maximum Gasteiger partial charge on any atom is 0.409 e. The second-order valence-corrected chi connectivity index (χ2v) is 7.14. The Hall–Kier alpha value is -2.68. The lowest BCUT2D eigenvalue weighted by atomic mass is 9.96. The smallest absolute Gasteiger partial charge is 0.409 e. The quantitative estimate of drug-likeness (QED) is 0.732. The van der Waals surface area contributed by atoms with Gasteiger partial charge in [-0.25, -0.2) is 9.78 Å². The highest BCUT2D eigenvalue weighted by Crippen LogP contribution is 2.34. The molecule has 0 spiro atoms. The van der Waals surface area contributed by atoms with Crippen LogP contribution in [0.2, 0.25) is 0 Å². The summed E-state index contributed by atoms with van der Waals surface area (Å²) in [6.07, 6.45) is 1.61. The molecule has 30 heavy (non-hydrogen) atoms. The molecular formula is C20H30ClN5O4. The number of carbonyl (C=O) groups is 1. The lowest BCUT2D eigenvalue weighted by Gasteiger charge is -2.33. The van der Waals surface area contributed by atoms with Crippen molar-refractivity contribution in [3.05, 3.63) is 12.1 Å². The Morgan fingerprint density at radius 3 is 2.43 bits per heavy atom. The first-order valence-corrected chi connectivity index (χ1v) is 9.78. The molecule has 1 aliphatic heterocycles. The number of rotatable bonds is 6. The summed E-state index contributed by atoms with van der Waals surface area (Å²) in [7, 11) is 4.95. The van der Waals surface area contributed by atoms with E-state index in [0.29, 0.717) is 47.9 Å². The first-order valence-electron chi connectivity index (χ1n) is 9.78. The van der Waals surface area contributed by atoms with E-state index in [1.807, 2.05) is 13.0 Å². The number of nitrogen functional groups attached to an aromatic ring is 1. The molecule has 1 fully saturated rings. The van der Waals surface area contributed by atoms with E-state index in [9.17, 15) is 4.79 Å². The molecule has 1 aromatic heterocycles. The number of methoxy groups -OCH3 is 2. The number of fused-ring (bicyclic) bond motifs is 1. The molecule has 2 heterocycles. The highest BCUT2D eigenvalue weighted by atomic mass is 35.5. The fourth-order valence-corrected chi connectivity index (χ4v) is 3.62. The lowest BCUT2D eigenvalue weighted by Crippen LogP contribution is -2.40. The summed E-state index contributed by atoms with van der Waals surface area (Å²) in [4.78, 5) is 24.8. The fourth-order valence-electron chi connectivity index (χ4n) is 3.62. The predicted octanol–water partition coefficient (Wildman–Crippen LogP) is 2.96. The van der Waals surface area contributed by atoms with Gasteiger partial charge in [0, 0.05) is 38.1 Å². The van der Waals surface area contributed by atoms with Crippen LogP contribution >= 0.6 is 12.4 Å². The van der Waals surface area contributed by atoms with Crippen molar-refractivity contribution in [1.82, 2.24) is 14.9 Å². The number of nitrogens with two attached hydrogens (primary N) is 1. The summed E-state index contributed by atoms with van der Waals surface area (Å²) in [5.74, 6) is 2.64. The first kappa shape index (κ1) is 23.6. The van der Waals surface area contributed by atoms with E-state index in [1.54, 1.807) is 32.2 Å². The number of amides is 1. The third-order valence-corrected chi connectivity index (χ3v) is 5.23. The highest BCUT2D eigenvalue weighted by Gasteiger charge is 2.24. The molecule has 1 aromatic carbocycles. The van der Waals surface area contributed by atoms with Crippen molar-refractivity contribution in [2.24, 2.45) is 5.92 Å². The van der Waals surface area contributed by atoms with Gasteiger partial charge in [-0.3, -0.25) is 0 Å². The van der Waals surface area contributed by atoms with Gasteiger partial charge >= 0.3 is 6.09 Å². The van der Waals surface area contributed by atoms with E-state index in [0.717, 1.165) is 31.3 Å². The molecule has 0 unspecified atom stereocenters. The van der Waals surface area contributed by atoms with E-state index in [-0.39, 0.29) is 18.5 Å². The van der Waals surface area contributed by atoms with Crippen LogP contribution in [-0.4, -0.2) is 68.5 Å². The lowest BCUT2D eigenvalue weighted by molar-refractivity contribution is 0.108. The zero-order chi connectivity index (χ0) is 21.0. The molecule has 2 aromatic rings. The second kappa shape index (κ2) is 10.4. The number of ether oxygens (including phenoxy) is 3. The van der Waals surface area contributed by atoms with Crippen molar-refractivity contribution in [2.75, 3.05) is 58.1 Å². The molecule has 0 atom stereocenters. The minimum absolute atomic E-state index is 0. The summed E-state index contributed by atoms with van der Waals surface area (Å²) in [6.45, 7) is 4.49. The van der Waals surface area contributed by atoms with E-state index >= 15 is 0 Å². The molecule has 10 heteroatoms. The van der Waals surface area contributed by atoms with Gasteiger partial charge in [0.2, 0.25) is 5.95 Å². The molecule has 1 aliphatic rings. The predicted molar refractivity (Wildman–Crippen MR) is 119 cm³/mol. The number of hydrogen-bond donors (Lipinski definition) is 1. The van der Waals surface area contributed by atoms with Crippen LogP contribution in [-0.2, 0) is 4.74 Å². The molecule has 166 valence electrons. The van der Waals surface area contributed by atoms with Crippen molar-refractivity contribution >= 4 is 41.2 Å². The number of benzene rings is 1. The average Bonchev–Trinajstić information content (AvgIpc) is 2.73. The van der Waals surface area contributed by atoms with Crippen LogP contribution in [0.3, 0.4) is 0 Å². The van der Waals surface area contributed by atoms with Crippen molar-refractivity contribution in [3.8, 4) is 11.5 Å². The van der Waals surface area contributed by atoms with Gasteiger partial charge < -0.3 is 29.7 Å². The Labute approximate surface area is 182 Å². The second-order valence-electron chi connectivity index (χ2n) is 7.14. The summed E-state index contributed by atoms with van der Waals surface area (Å²) in [5.41, 5.74) is 6.92. The van der Waals surface area contributed by atoms with Gasteiger partial charge in [0.15, 0.2) is 11.5 Å². The largest absolute Gasteiger partial charge is 0.493 e. The SMILES string of the molecule is CCOC(=O)N(C)CC1CCN(c2nc(N)c3cc(OC)c(OC)cc3n2)CC1.Cl. The number of piperidine rings is 1. The topological polar surface area (TPSA) is 103 Å². The van der Waals surface area contributed by atoms with E-state index in [4.69, 9.17) is 24.9 Å². The van der Waals surface area contributed by atoms with Gasteiger partial charge in [-0.15, -0.1) is 12.4 Å². The number of aromatic nitrogens is 2. The van der Waals surface area contributed by atoms with Crippen LogP contribution in [0.25, 0.3) is 10.9 Å². The molecular weight excluding hydrogens is 410 g/mol. The Morgan fingerprint density at radius 1 is 1.20 bits per heavy atom. The first-order chi connectivity index (χ1) is 14.0. The Bertz CT molecular complexity index is 874. The van der Waals surface area contributed by atoms with Gasteiger partial charge in [-0.1, -0.05) is 0 Å². The zero-order valence-corrected chi connectivity index (χ0v) is 18.7. The number of hydrogen-bond acceptors (Lipinski definition) is 8. The normalized spacial score (nSPS) is 14.2. The third kappa shape index (κ3) is 5.08. The molecule has 0 radical (unpaired) electrons. The van der Waals surface area contributed by atoms with Gasteiger partial charge in [-0.05, 0) is 31.7 Å². The number of anilines is 2. The molecule has 9 nitrogen and oxygen atoms in total. The summed E-state index contributed by atoms with van der Waals surface area (Å²) in [6, 6.07) is 3.61. The van der Waals surface area contributed by atoms with Crippen molar-refractivity contribution in [3.63, 3.8) is 0 Å². The van der Waals surface area contributed by atoms with Crippen molar-refractivity contribution in [2.45, 2.75) is 19.8 Å². The maximum absolute atomic E-state index is 11.8. The van der Waals surface area contributed by atoms with Gasteiger partial charge in [0.1, 0.15) is 5.82 Å². The van der Waals surface area contributed by atoms with Crippen LogP contribution in [0.5, 0.6) is 11.5 Å². The average molecular weight is 440 g/mol. The monoisotopic (exact) mass is 439 g/mol.